The van der Waals surface area contributed by atoms with Crippen molar-refractivity contribution in [1.82, 2.24) is 10.2 Å². The van der Waals surface area contributed by atoms with Gasteiger partial charge in [-0.1, -0.05) is 0 Å². The van der Waals surface area contributed by atoms with Gasteiger partial charge >= 0.3 is 6.09 Å². The minimum absolute atomic E-state index is 0.0164. The predicted molar refractivity (Wildman–Crippen MR) is 52.9 cm³/mol. The standard InChI is InChI=1S/C8H13ClN2O4/c9-3-7(13)10-5-1-2-11(8(14)15)4-6(5)12/h5-6,12H,1-4H2,(H,10,13)(H,14,15). The zero-order chi connectivity index (χ0) is 11.4. The van der Waals surface area contributed by atoms with Crippen molar-refractivity contribution in [3.8, 4) is 0 Å². The molecule has 0 aromatic rings. The summed E-state index contributed by atoms with van der Waals surface area (Å²) >= 11 is 5.30. The largest absolute Gasteiger partial charge is 0.465 e. The summed E-state index contributed by atoms with van der Waals surface area (Å²) in [6.07, 6.45) is -1.53. The number of nitrogens with zero attached hydrogens (tertiary/aromatic N) is 1. The van der Waals surface area contributed by atoms with Crippen LogP contribution >= 0.6 is 11.6 Å². The number of rotatable bonds is 2. The number of nitrogens with one attached hydrogen (secondary N) is 1. The van der Waals surface area contributed by atoms with E-state index in [-0.39, 0.29) is 18.3 Å². The summed E-state index contributed by atoms with van der Waals surface area (Å²) in [6.45, 7) is 0.322. The van der Waals surface area contributed by atoms with Crippen LogP contribution in [0.25, 0.3) is 0 Å². The molecule has 86 valence electrons. The van der Waals surface area contributed by atoms with Crippen LogP contribution in [-0.4, -0.2) is 58.2 Å². The lowest BCUT2D eigenvalue weighted by Crippen LogP contribution is -2.55. The van der Waals surface area contributed by atoms with Gasteiger partial charge in [0.2, 0.25) is 5.91 Å². The summed E-state index contributed by atoms with van der Waals surface area (Å²) in [6, 6.07) is -0.410. The van der Waals surface area contributed by atoms with Crippen molar-refractivity contribution < 1.29 is 19.8 Å². The first-order valence-electron chi connectivity index (χ1n) is 4.56. The van der Waals surface area contributed by atoms with Gasteiger partial charge in [0, 0.05) is 6.54 Å². The first kappa shape index (κ1) is 12.1. The van der Waals surface area contributed by atoms with E-state index in [1.165, 1.54) is 0 Å². The minimum atomic E-state index is -1.06. The smallest absolute Gasteiger partial charge is 0.407 e. The van der Waals surface area contributed by atoms with E-state index in [0.29, 0.717) is 13.0 Å². The molecular formula is C8H13ClN2O4. The molecular weight excluding hydrogens is 224 g/mol. The molecule has 1 fully saturated rings. The van der Waals surface area contributed by atoms with Gasteiger partial charge in [-0.05, 0) is 6.42 Å². The number of hydrogen-bond acceptors (Lipinski definition) is 3. The second-order valence-corrected chi connectivity index (χ2v) is 3.66. The van der Waals surface area contributed by atoms with Gasteiger partial charge < -0.3 is 20.4 Å². The molecule has 3 N–H and O–H groups in total. The monoisotopic (exact) mass is 236 g/mol. The molecule has 1 aliphatic rings. The first-order valence-corrected chi connectivity index (χ1v) is 5.09. The van der Waals surface area contributed by atoms with E-state index in [1.807, 2.05) is 0 Å². The summed E-state index contributed by atoms with van der Waals surface area (Å²) in [5.41, 5.74) is 0. The van der Waals surface area contributed by atoms with Gasteiger partial charge in [-0.2, -0.15) is 0 Å². The van der Waals surface area contributed by atoms with E-state index in [9.17, 15) is 14.7 Å². The maximum Gasteiger partial charge on any atom is 0.407 e. The maximum atomic E-state index is 11.0. The Hall–Kier alpha value is -1.01. The zero-order valence-corrected chi connectivity index (χ0v) is 8.78. The topological polar surface area (TPSA) is 89.9 Å². The Bertz CT molecular complexity index is 261. The number of carbonyl (C=O) groups excluding carboxylic acids is 1. The number of piperidine rings is 1. The van der Waals surface area contributed by atoms with E-state index >= 15 is 0 Å². The lowest BCUT2D eigenvalue weighted by atomic mass is 10.0. The van der Waals surface area contributed by atoms with Gasteiger partial charge in [0.15, 0.2) is 0 Å². The van der Waals surface area contributed by atoms with Gasteiger partial charge in [-0.15, -0.1) is 11.6 Å². The fourth-order valence-electron chi connectivity index (χ4n) is 1.52. The lowest BCUT2D eigenvalue weighted by Gasteiger charge is -2.34. The van der Waals surface area contributed by atoms with Crippen LogP contribution in [0, 0.1) is 0 Å². The molecule has 2 amide bonds. The van der Waals surface area contributed by atoms with Crippen LogP contribution in [0.4, 0.5) is 4.79 Å². The molecule has 0 bridgehead atoms. The summed E-state index contributed by atoms with van der Waals surface area (Å²) in [4.78, 5) is 22.7. The quantitative estimate of drug-likeness (QED) is 0.562. The Labute approximate surface area is 91.8 Å². The van der Waals surface area contributed by atoms with E-state index in [0.717, 1.165) is 4.90 Å². The summed E-state index contributed by atoms with van der Waals surface area (Å²) in [5.74, 6) is -0.518. The Morgan fingerprint density at radius 2 is 2.20 bits per heavy atom. The van der Waals surface area contributed by atoms with Crippen molar-refractivity contribution in [2.45, 2.75) is 18.6 Å². The van der Waals surface area contributed by atoms with Crippen LogP contribution in [0.3, 0.4) is 0 Å². The number of aliphatic hydroxyl groups excluding tert-OH is 1. The van der Waals surface area contributed by atoms with Crippen molar-refractivity contribution in [3.63, 3.8) is 0 Å². The summed E-state index contributed by atoms with van der Waals surface area (Å²) in [7, 11) is 0. The van der Waals surface area contributed by atoms with Gasteiger partial charge in [-0.25, -0.2) is 4.79 Å². The van der Waals surface area contributed by atoms with E-state index in [4.69, 9.17) is 16.7 Å². The number of aliphatic hydroxyl groups is 1. The highest BCUT2D eigenvalue weighted by molar-refractivity contribution is 6.27. The SMILES string of the molecule is O=C(CCl)NC1CCN(C(=O)O)CC1O. The molecule has 0 aromatic carbocycles. The Morgan fingerprint density at radius 1 is 1.53 bits per heavy atom. The fourth-order valence-corrected chi connectivity index (χ4v) is 1.60. The molecule has 1 heterocycles. The van der Waals surface area contributed by atoms with Crippen molar-refractivity contribution in [2.24, 2.45) is 0 Å². The van der Waals surface area contributed by atoms with Crippen molar-refractivity contribution in [3.05, 3.63) is 0 Å². The van der Waals surface area contributed by atoms with Crippen LogP contribution in [0.1, 0.15) is 6.42 Å². The highest BCUT2D eigenvalue weighted by Gasteiger charge is 2.30. The third-order valence-electron chi connectivity index (χ3n) is 2.32. The molecule has 7 heteroatoms. The fraction of sp³-hybridized carbons (Fsp3) is 0.750. The molecule has 0 aliphatic carbocycles. The first-order chi connectivity index (χ1) is 7.04. The summed E-state index contributed by atoms with van der Waals surface area (Å²) < 4.78 is 0. The van der Waals surface area contributed by atoms with Crippen molar-refractivity contribution in [1.29, 1.82) is 0 Å². The Kier molecular flexibility index (Phi) is 4.16. The third-order valence-corrected chi connectivity index (χ3v) is 2.56. The van der Waals surface area contributed by atoms with Crippen molar-refractivity contribution in [2.75, 3.05) is 19.0 Å². The van der Waals surface area contributed by atoms with Crippen LogP contribution in [0.15, 0.2) is 0 Å². The van der Waals surface area contributed by atoms with E-state index in [2.05, 4.69) is 5.32 Å². The number of carboxylic acid groups (broad SMARTS) is 1. The number of amides is 2. The van der Waals surface area contributed by atoms with Crippen LogP contribution in [0.5, 0.6) is 0 Å². The van der Waals surface area contributed by atoms with E-state index in [1.54, 1.807) is 0 Å². The highest BCUT2D eigenvalue weighted by atomic mass is 35.5. The Balaban J connectivity index is 2.45. The molecule has 1 aliphatic heterocycles. The number of likely N-dealkylation sites (tertiary alicyclic amines) is 1. The average molecular weight is 237 g/mol. The maximum absolute atomic E-state index is 11.0. The van der Waals surface area contributed by atoms with Gasteiger partial charge in [0.05, 0.1) is 18.7 Å². The van der Waals surface area contributed by atoms with E-state index < -0.39 is 18.2 Å². The molecule has 0 spiro atoms. The molecule has 2 atom stereocenters. The Morgan fingerprint density at radius 3 is 2.67 bits per heavy atom. The van der Waals surface area contributed by atoms with Gasteiger partial charge in [0.25, 0.3) is 0 Å². The predicted octanol–water partition coefficient (Wildman–Crippen LogP) is -0.545. The second-order valence-electron chi connectivity index (χ2n) is 3.39. The molecule has 1 rings (SSSR count). The van der Waals surface area contributed by atoms with Gasteiger partial charge in [-0.3, -0.25) is 4.79 Å². The molecule has 0 aromatic heterocycles. The number of hydrogen-bond donors (Lipinski definition) is 3. The highest BCUT2D eigenvalue weighted by Crippen LogP contribution is 2.11. The number of carbonyl (C=O) groups is 2. The normalized spacial score (nSPS) is 26.1. The molecule has 15 heavy (non-hydrogen) atoms. The van der Waals surface area contributed by atoms with Gasteiger partial charge in [0.1, 0.15) is 5.88 Å². The molecule has 2 unspecified atom stereocenters. The average Bonchev–Trinajstić information content (AvgIpc) is 2.20. The lowest BCUT2D eigenvalue weighted by molar-refractivity contribution is -0.120. The molecule has 0 radical (unpaired) electrons. The van der Waals surface area contributed by atoms with Crippen molar-refractivity contribution >= 4 is 23.6 Å². The molecule has 6 nitrogen and oxygen atoms in total. The molecule has 0 saturated carbocycles. The minimum Gasteiger partial charge on any atom is -0.465 e. The molecule has 1 saturated heterocycles. The van der Waals surface area contributed by atoms with Crippen LogP contribution in [-0.2, 0) is 4.79 Å². The van der Waals surface area contributed by atoms with Crippen LogP contribution < -0.4 is 5.32 Å². The number of alkyl halides is 1. The zero-order valence-electron chi connectivity index (χ0n) is 8.02. The summed E-state index contributed by atoms with van der Waals surface area (Å²) in [5, 5.41) is 20.8. The second kappa shape index (κ2) is 5.18. The number of halogens is 1. The number of β-amino-alcohol motifs (C(OH)–C–C–N with tert-alkyl or cyclic N) is 1. The van der Waals surface area contributed by atoms with Crippen LogP contribution in [0.2, 0.25) is 0 Å². The third kappa shape index (κ3) is 3.24.